The highest BCUT2D eigenvalue weighted by Gasteiger charge is 2.32. The van der Waals surface area contributed by atoms with Crippen molar-refractivity contribution >= 4 is 11.8 Å². The maximum atomic E-state index is 11.2. The fraction of sp³-hybridized carbons (Fsp3) is 0.600. The zero-order chi connectivity index (χ0) is 13.4. The van der Waals surface area contributed by atoms with Gasteiger partial charge in [0.1, 0.15) is 0 Å². The number of rotatable bonds is 5. The molecule has 98 valence electrons. The van der Waals surface area contributed by atoms with Gasteiger partial charge in [0.05, 0.1) is 0 Å². The standard InChI is InChI=1S/C8H14N4O3.C2H6/c1-10-3-2-4-12(9)5-6(13)8(15)11-7(5)14;1-2/h10H,2-4,9H2,1H3,(H2,11,13,14,15);1-2H3. The average molecular weight is 244 g/mol. The molecule has 17 heavy (non-hydrogen) atoms. The van der Waals surface area contributed by atoms with Crippen molar-refractivity contribution in [2.45, 2.75) is 20.3 Å². The van der Waals surface area contributed by atoms with Crippen molar-refractivity contribution in [2.24, 2.45) is 5.84 Å². The summed E-state index contributed by atoms with van der Waals surface area (Å²) in [5.41, 5.74) is -0.170. The molecule has 1 aliphatic rings. The van der Waals surface area contributed by atoms with Gasteiger partial charge in [0.2, 0.25) is 5.76 Å². The van der Waals surface area contributed by atoms with Gasteiger partial charge in [-0.05, 0) is 20.0 Å². The van der Waals surface area contributed by atoms with Crippen molar-refractivity contribution in [2.75, 3.05) is 20.1 Å². The highest BCUT2D eigenvalue weighted by Crippen LogP contribution is 2.11. The Morgan fingerprint density at radius 1 is 1.35 bits per heavy atom. The minimum absolute atomic E-state index is 0.170. The van der Waals surface area contributed by atoms with Gasteiger partial charge in [-0.3, -0.25) is 14.9 Å². The van der Waals surface area contributed by atoms with Crippen LogP contribution in [0.25, 0.3) is 0 Å². The van der Waals surface area contributed by atoms with Gasteiger partial charge in [-0.2, -0.15) is 0 Å². The minimum atomic E-state index is -0.806. The molecule has 0 spiro atoms. The number of imide groups is 1. The Kier molecular flexibility index (Phi) is 6.92. The maximum absolute atomic E-state index is 11.2. The van der Waals surface area contributed by atoms with E-state index >= 15 is 0 Å². The van der Waals surface area contributed by atoms with E-state index in [1.54, 1.807) is 7.05 Å². The molecule has 0 fully saturated rings. The van der Waals surface area contributed by atoms with Gasteiger partial charge >= 0.3 is 0 Å². The van der Waals surface area contributed by atoms with Crippen molar-refractivity contribution in [3.63, 3.8) is 0 Å². The van der Waals surface area contributed by atoms with E-state index in [1.165, 1.54) is 0 Å². The third-order valence-electron chi connectivity index (χ3n) is 1.99. The first-order chi connectivity index (χ1) is 8.07. The fourth-order valence-electron chi connectivity index (χ4n) is 1.24. The Morgan fingerprint density at radius 3 is 2.35 bits per heavy atom. The lowest BCUT2D eigenvalue weighted by Gasteiger charge is -2.17. The van der Waals surface area contributed by atoms with Crippen LogP contribution >= 0.6 is 0 Å². The quantitative estimate of drug-likeness (QED) is 0.219. The molecule has 1 rings (SSSR count). The summed E-state index contributed by atoms with van der Waals surface area (Å²) in [5.74, 6) is 3.45. The van der Waals surface area contributed by atoms with Gasteiger partial charge in [-0.25, -0.2) is 5.84 Å². The number of amides is 2. The molecule has 0 aromatic heterocycles. The Balaban J connectivity index is 0.00000121. The molecule has 0 radical (unpaired) electrons. The summed E-state index contributed by atoms with van der Waals surface area (Å²) in [6.45, 7) is 5.11. The molecule has 7 nitrogen and oxygen atoms in total. The van der Waals surface area contributed by atoms with E-state index in [0.717, 1.165) is 11.6 Å². The summed E-state index contributed by atoms with van der Waals surface area (Å²) in [7, 11) is 1.80. The van der Waals surface area contributed by atoms with Crippen molar-refractivity contribution in [3.05, 3.63) is 11.5 Å². The number of carbonyl (C=O) groups is 2. The Hall–Kier alpha value is -1.60. The molecule has 0 aliphatic carbocycles. The lowest BCUT2D eigenvalue weighted by Crippen LogP contribution is -2.37. The van der Waals surface area contributed by atoms with Crippen LogP contribution in [0.5, 0.6) is 0 Å². The van der Waals surface area contributed by atoms with Crippen molar-refractivity contribution < 1.29 is 14.7 Å². The lowest BCUT2D eigenvalue weighted by molar-refractivity contribution is -0.125. The van der Waals surface area contributed by atoms with Gasteiger partial charge < -0.3 is 15.4 Å². The average Bonchev–Trinajstić information content (AvgIpc) is 2.56. The summed E-state index contributed by atoms with van der Waals surface area (Å²) in [5, 5.41) is 15.2. The van der Waals surface area contributed by atoms with Crippen LogP contribution < -0.4 is 16.5 Å². The van der Waals surface area contributed by atoms with Gasteiger partial charge in [-0.1, -0.05) is 13.8 Å². The van der Waals surface area contributed by atoms with Gasteiger partial charge in [0, 0.05) is 6.54 Å². The SMILES string of the molecule is CC.CNCCCN(N)C1=C(O)C(=O)NC1=O. The van der Waals surface area contributed by atoms with Crippen LogP contribution in [-0.4, -0.2) is 42.1 Å². The van der Waals surface area contributed by atoms with Crippen molar-refractivity contribution in [3.8, 4) is 0 Å². The molecule has 0 bridgehead atoms. The molecule has 0 atom stereocenters. The van der Waals surface area contributed by atoms with Crippen LogP contribution in [0.3, 0.4) is 0 Å². The molecule has 0 unspecified atom stereocenters. The van der Waals surface area contributed by atoms with Crippen molar-refractivity contribution in [1.29, 1.82) is 0 Å². The minimum Gasteiger partial charge on any atom is -0.501 e. The molecule has 5 N–H and O–H groups in total. The first-order valence-corrected chi connectivity index (χ1v) is 5.53. The molecular formula is C10H20N4O3. The zero-order valence-corrected chi connectivity index (χ0v) is 10.4. The largest absolute Gasteiger partial charge is 0.501 e. The summed E-state index contributed by atoms with van der Waals surface area (Å²) >= 11 is 0. The van der Waals surface area contributed by atoms with Crippen LogP contribution in [0.15, 0.2) is 11.5 Å². The number of nitrogens with two attached hydrogens (primary N) is 1. The number of nitrogens with zero attached hydrogens (tertiary/aromatic N) is 1. The second kappa shape index (κ2) is 7.64. The topological polar surface area (TPSA) is 108 Å². The van der Waals surface area contributed by atoms with E-state index in [4.69, 9.17) is 5.84 Å². The number of aliphatic hydroxyl groups excluding tert-OH is 1. The van der Waals surface area contributed by atoms with E-state index in [2.05, 4.69) is 5.32 Å². The van der Waals surface area contributed by atoms with Gasteiger partial charge in [0.15, 0.2) is 5.70 Å². The monoisotopic (exact) mass is 244 g/mol. The van der Waals surface area contributed by atoms with E-state index in [1.807, 2.05) is 19.2 Å². The Labute approximate surface area is 101 Å². The normalized spacial score (nSPS) is 14.4. The van der Waals surface area contributed by atoms with E-state index in [9.17, 15) is 14.7 Å². The van der Waals surface area contributed by atoms with Gasteiger partial charge in [0.25, 0.3) is 11.8 Å². The summed E-state index contributed by atoms with van der Waals surface area (Å²) in [4.78, 5) is 22.1. The van der Waals surface area contributed by atoms with Crippen molar-refractivity contribution in [1.82, 2.24) is 15.6 Å². The molecule has 0 saturated carbocycles. The molecule has 0 saturated heterocycles. The number of nitrogens with one attached hydrogen (secondary N) is 2. The predicted molar refractivity (Wildman–Crippen MR) is 63.6 cm³/mol. The summed E-state index contributed by atoms with van der Waals surface area (Å²) in [6.07, 6.45) is 0.700. The van der Waals surface area contributed by atoms with Crippen LogP contribution in [0.2, 0.25) is 0 Å². The number of hydrazine groups is 1. The molecule has 0 aromatic rings. The predicted octanol–water partition coefficient (Wildman–Crippen LogP) is -0.776. The first kappa shape index (κ1) is 15.4. The van der Waals surface area contributed by atoms with Crippen LogP contribution in [0.1, 0.15) is 20.3 Å². The summed E-state index contributed by atoms with van der Waals surface area (Å²) in [6, 6.07) is 0. The second-order valence-corrected chi connectivity index (χ2v) is 3.13. The van der Waals surface area contributed by atoms with Crippen LogP contribution in [0.4, 0.5) is 0 Å². The lowest BCUT2D eigenvalue weighted by atomic mass is 10.3. The molecule has 1 heterocycles. The number of carbonyl (C=O) groups excluding carboxylic acids is 2. The highest BCUT2D eigenvalue weighted by atomic mass is 16.3. The smallest absolute Gasteiger partial charge is 0.295 e. The molecule has 1 aliphatic heterocycles. The highest BCUT2D eigenvalue weighted by molar-refractivity contribution is 6.17. The third-order valence-corrected chi connectivity index (χ3v) is 1.99. The molecule has 2 amide bonds. The Bertz CT molecular complexity index is 315. The maximum Gasteiger partial charge on any atom is 0.295 e. The number of hydrogen-bond donors (Lipinski definition) is 4. The molecular weight excluding hydrogens is 224 g/mol. The third kappa shape index (κ3) is 4.04. The molecule has 7 heteroatoms. The number of aliphatic hydroxyl groups is 1. The van der Waals surface area contributed by atoms with E-state index in [0.29, 0.717) is 13.0 Å². The number of hydrogen-bond acceptors (Lipinski definition) is 6. The van der Waals surface area contributed by atoms with Crippen LogP contribution in [0, 0.1) is 0 Å². The van der Waals surface area contributed by atoms with Gasteiger partial charge in [-0.15, -0.1) is 0 Å². The zero-order valence-electron chi connectivity index (χ0n) is 10.4. The Morgan fingerprint density at radius 2 is 1.94 bits per heavy atom. The molecule has 0 aromatic carbocycles. The second-order valence-electron chi connectivity index (χ2n) is 3.13. The summed E-state index contributed by atoms with van der Waals surface area (Å²) < 4.78 is 0. The van der Waals surface area contributed by atoms with E-state index < -0.39 is 17.6 Å². The first-order valence-electron chi connectivity index (χ1n) is 5.53. The van der Waals surface area contributed by atoms with E-state index in [-0.39, 0.29) is 5.70 Å². The van der Waals surface area contributed by atoms with Crippen LogP contribution in [-0.2, 0) is 9.59 Å². The fourth-order valence-corrected chi connectivity index (χ4v) is 1.24.